The fraction of sp³-hybridized carbons (Fsp3) is 0.500. The highest BCUT2D eigenvalue weighted by Crippen LogP contribution is 2.38. The fourth-order valence-corrected chi connectivity index (χ4v) is 6.65. The van der Waals surface area contributed by atoms with Gasteiger partial charge in [0.1, 0.15) is 5.75 Å². The summed E-state index contributed by atoms with van der Waals surface area (Å²) in [5.41, 5.74) is 4.56. The molecule has 1 saturated heterocycles. The summed E-state index contributed by atoms with van der Waals surface area (Å²) in [7, 11) is -1.55. The molecule has 10 heteroatoms. The van der Waals surface area contributed by atoms with E-state index in [1.807, 2.05) is 57.3 Å². The number of hydrogen-bond donors (Lipinski definition) is 2. The molecule has 0 bridgehead atoms. The van der Waals surface area contributed by atoms with Gasteiger partial charge in [0, 0.05) is 30.8 Å². The molecular weight excluding hydrogens is 502 g/mol. The predicted octanol–water partition coefficient (Wildman–Crippen LogP) is 4.63. The van der Waals surface area contributed by atoms with Crippen LogP contribution in [0.2, 0.25) is 0 Å². The van der Waals surface area contributed by atoms with Gasteiger partial charge < -0.3 is 19.5 Å². The van der Waals surface area contributed by atoms with Crippen molar-refractivity contribution in [3.8, 4) is 28.6 Å². The molecule has 1 unspecified atom stereocenters. The molecule has 1 aromatic heterocycles. The Morgan fingerprint density at radius 1 is 1.16 bits per heavy atom. The smallest absolute Gasteiger partial charge is 0.258 e. The van der Waals surface area contributed by atoms with E-state index in [0.717, 1.165) is 66.0 Å². The number of fused-ring (bicyclic) bond motifs is 1. The number of nitrogens with one attached hydrogen (secondary N) is 2. The number of nitrogens with zero attached hydrogens (tertiary/aromatic N) is 3. The highest BCUT2D eigenvalue weighted by atomic mass is 32.2. The number of aromatic nitrogens is 2. The number of anilines is 1. The second kappa shape index (κ2) is 11.4. The van der Waals surface area contributed by atoms with Crippen LogP contribution >= 0.6 is 0 Å². The van der Waals surface area contributed by atoms with E-state index in [9.17, 15) is 8.42 Å². The number of sulfonamides is 1. The molecule has 0 spiro atoms. The van der Waals surface area contributed by atoms with Crippen molar-refractivity contribution in [3.63, 3.8) is 0 Å². The summed E-state index contributed by atoms with van der Waals surface area (Å²) >= 11 is 0. The lowest BCUT2D eigenvalue weighted by atomic mass is 10.0. The summed E-state index contributed by atoms with van der Waals surface area (Å²) in [6, 6.07) is 11.4. The van der Waals surface area contributed by atoms with Gasteiger partial charge in [-0.1, -0.05) is 29.8 Å². The third-order valence-corrected chi connectivity index (χ3v) is 8.61. The van der Waals surface area contributed by atoms with Crippen LogP contribution in [0.3, 0.4) is 0 Å². The summed E-state index contributed by atoms with van der Waals surface area (Å²) < 4.78 is 40.2. The number of likely N-dealkylation sites (tertiary alicyclic amines) is 1. The fourth-order valence-electron chi connectivity index (χ4n) is 5.36. The minimum absolute atomic E-state index is 0.0612. The van der Waals surface area contributed by atoms with Crippen molar-refractivity contribution in [1.29, 1.82) is 0 Å². The number of ether oxygens (including phenoxy) is 1. The topological polar surface area (TPSA) is 110 Å². The molecule has 204 valence electrons. The number of piperidine rings is 1. The maximum absolute atomic E-state index is 12.9. The first-order chi connectivity index (χ1) is 18.3. The Labute approximate surface area is 225 Å². The van der Waals surface area contributed by atoms with Crippen LogP contribution in [0, 0.1) is 0 Å². The van der Waals surface area contributed by atoms with Gasteiger partial charge in [0.15, 0.2) is 0 Å². The molecular formula is C28H37N5O4S. The van der Waals surface area contributed by atoms with Gasteiger partial charge in [-0.05, 0) is 81.9 Å². The highest BCUT2D eigenvalue weighted by molar-refractivity contribution is 7.89. The minimum atomic E-state index is -3.39. The monoisotopic (exact) mass is 539 g/mol. The van der Waals surface area contributed by atoms with Crippen LogP contribution in [0.15, 0.2) is 40.9 Å². The lowest BCUT2D eigenvalue weighted by Gasteiger charge is -2.26. The molecule has 2 aliphatic rings. The van der Waals surface area contributed by atoms with Gasteiger partial charge >= 0.3 is 0 Å². The highest BCUT2D eigenvalue weighted by Gasteiger charge is 2.30. The van der Waals surface area contributed by atoms with Crippen molar-refractivity contribution in [2.45, 2.75) is 58.1 Å². The SMILES string of the molecule is CNc1cc(-c2nc(-c3cccc4c3CCC4NS(=O)(=O)CCN3CCCCC3)no2)ccc1OC(C)C. The average Bonchev–Trinajstić information content (AvgIpc) is 3.56. The number of benzene rings is 2. The van der Waals surface area contributed by atoms with Crippen molar-refractivity contribution in [1.82, 2.24) is 19.8 Å². The van der Waals surface area contributed by atoms with E-state index >= 15 is 0 Å². The summed E-state index contributed by atoms with van der Waals surface area (Å²) in [5, 5.41) is 7.43. The first kappa shape index (κ1) is 26.6. The summed E-state index contributed by atoms with van der Waals surface area (Å²) in [6.07, 6.45) is 5.06. The Morgan fingerprint density at radius 3 is 2.74 bits per heavy atom. The van der Waals surface area contributed by atoms with Gasteiger partial charge in [0.05, 0.1) is 17.5 Å². The molecule has 1 aliphatic carbocycles. The quantitative estimate of drug-likeness (QED) is 0.384. The summed E-state index contributed by atoms with van der Waals surface area (Å²) in [6.45, 7) is 6.54. The van der Waals surface area contributed by atoms with Crippen LogP contribution in [-0.2, 0) is 16.4 Å². The predicted molar refractivity (Wildman–Crippen MR) is 149 cm³/mol. The standard InChI is InChI=1S/C28H37N5O4S/c1-19(2)36-26-13-10-20(18-25(26)29-3)28-30-27(31-37-28)23-9-7-8-22-21(23)11-12-24(22)32-38(34,35)17-16-33-14-5-4-6-15-33/h7-10,13,18-19,24,29,32H,4-6,11-12,14-17H2,1-3H3. The van der Waals surface area contributed by atoms with E-state index in [1.165, 1.54) is 6.42 Å². The van der Waals surface area contributed by atoms with E-state index < -0.39 is 10.0 Å². The zero-order valence-corrected chi connectivity index (χ0v) is 23.2. The summed E-state index contributed by atoms with van der Waals surface area (Å²) in [5.74, 6) is 1.80. The van der Waals surface area contributed by atoms with Crippen molar-refractivity contribution in [3.05, 3.63) is 47.5 Å². The van der Waals surface area contributed by atoms with Gasteiger partial charge in [-0.15, -0.1) is 0 Å². The second-order valence-electron chi connectivity index (χ2n) is 10.4. The van der Waals surface area contributed by atoms with Crippen molar-refractivity contribution in [2.24, 2.45) is 0 Å². The molecule has 9 nitrogen and oxygen atoms in total. The molecule has 0 radical (unpaired) electrons. The Balaban J connectivity index is 1.32. The molecule has 0 amide bonds. The van der Waals surface area contributed by atoms with Crippen molar-refractivity contribution in [2.75, 3.05) is 37.8 Å². The average molecular weight is 540 g/mol. The Bertz CT molecular complexity index is 1370. The number of rotatable bonds is 10. The van der Waals surface area contributed by atoms with E-state index in [2.05, 4.69) is 25.1 Å². The zero-order valence-electron chi connectivity index (χ0n) is 22.4. The van der Waals surface area contributed by atoms with Gasteiger partial charge in [-0.2, -0.15) is 4.98 Å². The van der Waals surface area contributed by atoms with Crippen molar-refractivity contribution >= 4 is 15.7 Å². The van der Waals surface area contributed by atoms with Gasteiger partial charge in [-0.25, -0.2) is 13.1 Å². The maximum Gasteiger partial charge on any atom is 0.258 e. The third-order valence-electron chi connectivity index (χ3n) is 7.24. The molecule has 1 atom stereocenters. The normalized spacial score (nSPS) is 18.1. The van der Waals surface area contributed by atoms with E-state index in [1.54, 1.807) is 0 Å². The maximum atomic E-state index is 12.9. The van der Waals surface area contributed by atoms with E-state index in [4.69, 9.17) is 9.26 Å². The van der Waals surface area contributed by atoms with Crippen LogP contribution in [-0.4, -0.2) is 62.0 Å². The molecule has 1 fully saturated rings. The Morgan fingerprint density at radius 2 is 1.97 bits per heavy atom. The lowest BCUT2D eigenvalue weighted by molar-refractivity contribution is 0.241. The Kier molecular flexibility index (Phi) is 8.01. The molecule has 38 heavy (non-hydrogen) atoms. The molecule has 0 saturated carbocycles. The van der Waals surface area contributed by atoms with E-state index in [0.29, 0.717) is 24.7 Å². The van der Waals surface area contributed by atoms with Crippen LogP contribution in [0.4, 0.5) is 5.69 Å². The van der Waals surface area contributed by atoms with Gasteiger partial charge in [0.25, 0.3) is 5.89 Å². The minimum Gasteiger partial charge on any atom is -0.489 e. The first-order valence-electron chi connectivity index (χ1n) is 13.5. The Hall–Kier alpha value is -2.95. The lowest BCUT2D eigenvalue weighted by Crippen LogP contribution is -2.38. The second-order valence-corrected chi connectivity index (χ2v) is 12.2. The molecule has 1 aliphatic heterocycles. The van der Waals surface area contributed by atoms with E-state index in [-0.39, 0.29) is 17.9 Å². The summed E-state index contributed by atoms with van der Waals surface area (Å²) in [4.78, 5) is 6.94. The largest absolute Gasteiger partial charge is 0.489 e. The molecule has 2 heterocycles. The first-order valence-corrected chi connectivity index (χ1v) is 15.2. The zero-order chi connectivity index (χ0) is 26.7. The molecule has 3 aromatic rings. The number of hydrogen-bond acceptors (Lipinski definition) is 8. The molecule has 2 N–H and O–H groups in total. The van der Waals surface area contributed by atoms with Crippen LogP contribution in [0.1, 0.15) is 56.7 Å². The van der Waals surface area contributed by atoms with Crippen molar-refractivity contribution < 1.29 is 17.7 Å². The van der Waals surface area contributed by atoms with Crippen LogP contribution in [0.5, 0.6) is 5.75 Å². The molecule has 2 aromatic carbocycles. The molecule has 5 rings (SSSR count). The third kappa shape index (κ3) is 6.03. The van der Waals surface area contributed by atoms with Gasteiger partial charge in [0.2, 0.25) is 15.8 Å². The van der Waals surface area contributed by atoms with Crippen LogP contribution < -0.4 is 14.8 Å². The van der Waals surface area contributed by atoms with Crippen LogP contribution in [0.25, 0.3) is 22.8 Å². The van der Waals surface area contributed by atoms with Gasteiger partial charge in [-0.3, -0.25) is 0 Å².